The largest absolute Gasteiger partial charge is 0.384 e. The predicted molar refractivity (Wildman–Crippen MR) is 150 cm³/mol. The van der Waals surface area contributed by atoms with Crippen LogP contribution in [0.4, 0.5) is 9.52 Å². The van der Waals surface area contributed by atoms with E-state index >= 15 is 0 Å². The number of carbonyl (C=O) groups excluding carboxylic acids is 2. The number of rotatable bonds is 6. The third-order valence-electron chi connectivity index (χ3n) is 6.66. The highest BCUT2D eigenvalue weighted by Gasteiger charge is 2.45. The minimum atomic E-state index is -0.704. The van der Waals surface area contributed by atoms with Gasteiger partial charge in [-0.2, -0.15) is 5.26 Å². The molecule has 5 rings (SSSR count). The van der Waals surface area contributed by atoms with Gasteiger partial charge in [0.25, 0.3) is 0 Å². The molecule has 1 aliphatic heterocycles. The molecule has 7 nitrogen and oxygen atoms in total. The lowest BCUT2D eigenvalue weighted by Gasteiger charge is -2.42. The Kier molecular flexibility index (Phi) is 7.33. The predicted octanol–water partition coefficient (Wildman–Crippen LogP) is 6.25. The maximum absolute atomic E-state index is 13.7. The zero-order valence-electron chi connectivity index (χ0n) is 21.1. The van der Waals surface area contributed by atoms with E-state index in [1.165, 1.54) is 35.2 Å². The van der Waals surface area contributed by atoms with Gasteiger partial charge in [-0.25, -0.2) is 4.39 Å². The summed E-state index contributed by atoms with van der Waals surface area (Å²) in [4.78, 5) is 27.8. The summed E-state index contributed by atoms with van der Waals surface area (Å²) >= 11 is 8.38. The Hall–Kier alpha value is -3.52. The molecule has 198 valence electrons. The lowest BCUT2D eigenvalue weighted by molar-refractivity contribution is -0.118. The molecule has 0 fully saturated rings. The summed E-state index contributed by atoms with van der Waals surface area (Å²) in [5, 5.41) is 19.7. The van der Waals surface area contributed by atoms with E-state index in [2.05, 4.69) is 16.3 Å². The molecule has 0 spiro atoms. The van der Waals surface area contributed by atoms with Gasteiger partial charge in [-0.05, 0) is 53.8 Å². The van der Waals surface area contributed by atoms with Crippen molar-refractivity contribution in [3.05, 3.63) is 93.2 Å². The van der Waals surface area contributed by atoms with Crippen LogP contribution in [0.15, 0.2) is 75.5 Å². The number of carbonyl (C=O) groups is 2. The van der Waals surface area contributed by atoms with Crippen LogP contribution in [-0.4, -0.2) is 27.5 Å². The fraction of sp³-hybridized carbons (Fsp3) is 0.250. The SMILES string of the molecule is CC1(C)CC(=O)C2=C(C1)N(c1nnc(SCC(=O)c3ccc(Cl)cc3)s1)C(N)=C(C#N)C2c1ccc(F)cc1. The summed E-state index contributed by atoms with van der Waals surface area (Å²) < 4.78 is 14.2. The highest BCUT2D eigenvalue weighted by Crippen LogP contribution is 2.50. The fourth-order valence-electron chi connectivity index (χ4n) is 4.91. The minimum absolute atomic E-state index is 0.0793. The molecule has 0 saturated carbocycles. The van der Waals surface area contributed by atoms with Crippen LogP contribution in [-0.2, 0) is 4.79 Å². The van der Waals surface area contributed by atoms with E-state index in [0.717, 1.165) is 0 Å². The van der Waals surface area contributed by atoms with Gasteiger partial charge in [-0.3, -0.25) is 14.5 Å². The first-order valence-corrected chi connectivity index (χ1v) is 14.2. The van der Waals surface area contributed by atoms with Crippen LogP contribution < -0.4 is 10.6 Å². The number of nitriles is 1. The molecule has 1 aromatic heterocycles. The van der Waals surface area contributed by atoms with E-state index in [-0.39, 0.29) is 34.1 Å². The molecule has 3 aromatic rings. The van der Waals surface area contributed by atoms with Crippen LogP contribution in [0.5, 0.6) is 0 Å². The Morgan fingerprint density at radius 1 is 1.21 bits per heavy atom. The first-order chi connectivity index (χ1) is 18.6. The molecule has 2 aromatic carbocycles. The number of thioether (sulfide) groups is 1. The van der Waals surface area contributed by atoms with Crippen LogP contribution in [0.3, 0.4) is 0 Å². The van der Waals surface area contributed by atoms with Gasteiger partial charge in [0.15, 0.2) is 15.9 Å². The van der Waals surface area contributed by atoms with E-state index in [9.17, 15) is 19.2 Å². The molecule has 0 amide bonds. The maximum Gasteiger partial charge on any atom is 0.219 e. The summed E-state index contributed by atoms with van der Waals surface area (Å²) in [6.07, 6.45) is 0.822. The molecule has 2 aliphatic rings. The van der Waals surface area contributed by atoms with Crippen molar-refractivity contribution in [2.45, 2.75) is 36.9 Å². The molecule has 0 saturated heterocycles. The van der Waals surface area contributed by atoms with Crippen molar-refractivity contribution in [2.75, 3.05) is 10.7 Å². The summed E-state index contributed by atoms with van der Waals surface area (Å²) in [5.74, 6) is -0.981. The number of hydrogen-bond acceptors (Lipinski definition) is 9. The molecule has 0 bridgehead atoms. The molecule has 2 N–H and O–H groups in total. The van der Waals surface area contributed by atoms with Gasteiger partial charge in [0.05, 0.1) is 23.3 Å². The second-order valence-corrected chi connectivity index (χ2v) is 12.7. The van der Waals surface area contributed by atoms with Gasteiger partial charge < -0.3 is 5.73 Å². The number of halogens is 2. The van der Waals surface area contributed by atoms with Gasteiger partial charge in [-0.15, -0.1) is 10.2 Å². The third-order valence-corrected chi connectivity index (χ3v) is 8.96. The summed E-state index contributed by atoms with van der Waals surface area (Å²) in [7, 11) is 0. The average Bonchev–Trinajstić information content (AvgIpc) is 3.35. The highest BCUT2D eigenvalue weighted by atomic mass is 35.5. The highest BCUT2D eigenvalue weighted by molar-refractivity contribution is 8.01. The zero-order chi connectivity index (χ0) is 27.9. The number of hydrogen-bond donors (Lipinski definition) is 1. The molecular weight excluding hydrogens is 557 g/mol. The average molecular weight is 580 g/mol. The summed E-state index contributed by atoms with van der Waals surface area (Å²) in [6, 6.07) is 14.6. The second-order valence-electron chi connectivity index (χ2n) is 10.1. The van der Waals surface area contributed by atoms with Crippen LogP contribution >= 0.6 is 34.7 Å². The lowest BCUT2D eigenvalue weighted by atomic mass is 9.69. The van der Waals surface area contributed by atoms with E-state index in [0.29, 0.717) is 49.7 Å². The van der Waals surface area contributed by atoms with E-state index in [1.54, 1.807) is 41.3 Å². The number of nitrogens with zero attached hydrogens (tertiary/aromatic N) is 4. The van der Waals surface area contributed by atoms with Crippen LogP contribution in [0.25, 0.3) is 0 Å². The topological polar surface area (TPSA) is 113 Å². The summed E-state index contributed by atoms with van der Waals surface area (Å²) in [5.41, 5.74) is 8.74. The second kappa shape index (κ2) is 10.6. The minimum Gasteiger partial charge on any atom is -0.384 e. The first-order valence-electron chi connectivity index (χ1n) is 12.0. The number of nitrogens with two attached hydrogens (primary N) is 1. The number of anilines is 1. The van der Waals surface area contributed by atoms with Gasteiger partial charge >= 0.3 is 0 Å². The van der Waals surface area contributed by atoms with E-state index in [4.69, 9.17) is 17.3 Å². The van der Waals surface area contributed by atoms with Crippen LogP contribution in [0.1, 0.15) is 48.5 Å². The van der Waals surface area contributed by atoms with Crippen LogP contribution in [0.2, 0.25) is 5.02 Å². The van der Waals surface area contributed by atoms with Gasteiger partial charge in [0.2, 0.25) is 5.13 Å². The van der Waals surface area contributed by atoms with Crippen molar-refractivity contribution in [3.63, 3.8) is 0 Å². The number of benzene rings is 2. The number of allylic oxidation sites excluding steroid dienone is 3. The Labute approximate surface area is 238 Å². The van der Waals surface area contributed by atoms with E-state index < -0.39 is 11.7 Å². The number of aromatic nitrogens is 2. The van der Waals surface area contributed by atoms with Gasteiger partial charge in [0, 0.05) is 28.3 Å². The van der Waals surface area contributed by atoms with Crippen molar-refractivity contribution in [1.29, 1.82) is 5.26 Å². The molecule has 0 radical (unpaired) electrons. The molecule has 1 aliphatic carbocycles. The fourth-order valence-corrected chi connectivity index (χ4v) is 6.81. The summed E-state index contributed by atoms with van der Waals surface area (Å²) in [6.45, 7) is 4.01. The Morgan fingerprint density at radius 3 is 2.56 bits per heavy atom. The standard InChI is InChI=1S/C28H23ClFN5O2S2/c1-28(2)11-20-24(21(36)12-28)23(16-5-9-18(30)10-6-16)19(13-31)25(32)35(20)26-33-34-27(39-26)38-14-22(37)15-3-7-17(29)8-4-15/h3-10,23H,11-12,14,32H2,1-2H3. The molecule has 39 heavy (non-hydrogen) atoms. The van der Waals surface area contributed by atoms with Crippen molar-refractivity contribution >= 4 is 51.4 Å². The quantitative estimate of drug-likeness (QED) is 0.269. The van der Waals surface area contributed by atoms with Gasteiger partial charge in [0.1, 0.15) is 11.6 Å². The third kappa shape index (κ3) is 5.35. The number of Topliss-reactive ketones (excluding diaryl/α,β-unsaturated/α-hetero) is 2. The molecule has 1 atom stereocenters. The van der Waals surface area contributed by atoms with Gasteiger partial charge in [-0.1, -0.05) is 60.7 Å². The smallest absolute Gasteiger partial charge is 0.219 e. The number of ketones is 2. The zero-order valence-corrected chi connectivity index (χ0v) is 23.5. The van der Waals surface area contributed by atoms with Crippen molar-refractivity contribution in [1.82, 2.24) is 10.2 Å². The first kappa shape index (κ1) is 27.1. The van der Waals surface area contributed by atoms with Crippen molar-refractivity contribution < 1.29 is 14.0 Å². The van der Waals surface area contributed by atoms with Crippen LogP contribution in [0, 0.1) is 22.6 Å². The maximum atomic E-state index is 13.7. The monoisotopic (exact) mass is 579 g/mol. The Morgan fingerprint density at radius 2 is 1.90 bits per heavy atom. The Bertz CT molecular complexity index is 1570. The molecule has 2 heterocycles. The van der Waals surface area contributed by atoms with Crippen molar-refractivity contribution in [2.24, 2.45) is 11.1 Å². The Balaban J connectivity index is 1.51. The lowest BCUT2D eigenvalue weighted by Crippen LogP contribution is -2.42. The van der Waals surface area contributed by atoms with Crippen molar-refractivity contribution in [3.8, 4) is 6.07 Å². The normalized spacial score (nSPS) is 18.7. The molecular formula is C28H23ClFN5O2S2. The van der Waals surface area contributed by atoms with E-state index in [1.807, 2.05) is 13.8 Å². The molecule has 1 unspecified atom stereocenters. The molecule has 11 heteroatoms.